The van der Waals surface area contributed by atoms with E-state index in [1.807, 2.05) is 49.4 Å². The minimum absolute atomic E-state index is 0.0705. The van der Waals surface area contributed by atoms with Crippen molar-refractivity contribution in [3.63, 3.8) is 0 Å². The molecule has 1 heterocycles. The van der Waals surface area contributed by atoms with Crippen LogP contribution in [0.25, 0.3) is 0 Å². The fraction of sp³-hybridized carbons (Fsp3) is 0.350. The largest absolute Gasteiger partial charge is 0.369 e. The van der Waals surface area contributed by atoms with Gasteiger partial charge in [-0.15, -0.1) is 0 Å². The Morgan fingerprint density at radius 2 is 1.80 bits per heavy atom. The van der Waals surface area contributed by atoms with Crippen molar-refractivity contribution in [1.29, 1.82) is 0 Å². The molecule has 1 N–H and O–H groups in total. The number of rotatable bonds is 5. The maximum Gasteiger partial charge on any atom is 0.225 e. The lowest BCUT2D eigenvalue weighted by molar-refractivity contribution is -0.116. The minimum Gasteiger partial charge on any atom is -0.369 e. The standard InChI is InChI=1S/C20H24ClN3O/c1-16-5-7-18(8-6-16)22-20(25)9-10-23-11-13-24(14-12-23)19-4-2-3-17(21)15-19/h2-8,15H,9-14H2,1H3,(H,22,25). The van der Waals surface area contributed by atoms with Crippen LogP contribution in [0, 0.1) is 6.92 Å². The highest BCUT2D eigenvalue weighted by molar-refractivity contribution is 6.30. The zero-order valence-corrected chi connectivity index (χ0v) is 15.3. The summed E-state index contributed by atoms with van der Waals surface area (Å²) in [4.78, 5) is 16.8. The third-order valence-corrected chi connectivity index (χ3v) is 4.77. The predicted octanol–water partition coefficient (Wildman–Crippen LogP) is 3.80. The number of aryl methyl sites for hydroxylation is 1. The Morgan fingerprint density at radius 3 is 2.48 bits per heavy atom. The molecule has 0 radical (unpaired) electrons. The average molecular weight is 358 g/mol. The molecule has 1 amide bonds. The van der Waals surface area contributed by atoms with Gasteiger partial charge in [0.15, 0.2) is 0 Å². The summed E-state index contributed by atoms with van der Waals surface area (Å²) >= 11 is 6.07. The molecule has 0 unspecified atom stereocenters. The van der Waals surface area contributed by atoms with E-state index in [2.05, 4.69) is 21.2 Å². The van der Waals surface area contributed by atoms with E-state index < -0.39 is 0 Å². The van der Waals surface area contributed by atoms with Crippen LogP contribution in [0.3, 0.4) is 0 Å². The third kappa shape index (κ3) is 5.21. The summed E-state index contributed by atoms with van der Waals surface area (Å²) in [6.45, 7) is 6.67. The molecule has 2 aromatic rings. The van der Waals surface area contributed by atoms with Gasteiger partial charge in [-0.25, -0.2) is 0 Å². The summed E-state index contributed by atoms with van der Waals surface area (Å²) in [7, 11) is 0. The van der Waals surface area contributed by atoms with E-state index in [4.69, 9.17) is 11.6 Å². The van der Waals surface area contributed by atoms with E-state index in [1.165, 1.54) is 11.3 Å². The first-order valence-corrected chi connectivity index (χ1v) is 9.07. The Labute approximate surface area is 154 Å². The molecule has 4 nitrogen and oxygen atoms in total. The highest BCUT2D eigenvalue weighted by Gasteiger charge is 2.18. The SMILES string of the molecule is Cc1ccc(NC(=O)CCN2CCN(c3cccc(Cl)c3)CC2)cc1. The van der Waals surface area contributed by atoms with Gasteiger partial charge in [0.2, 0.25) is 5.91 Å². The molecule has 0 atom stereocenters. The third-order valence-electron chi connectivity index (χ3n) is 4.54. The summed E-state index contributed by atoms with van der Waals surface area (Å²) in [5.74, 6) is 0.0705. The molecule has 1 aliphatic rings. The van der Waals surface area contributed by atoms with Gasteiger partial charge in [-0.1, -0.05) is 35.4 Å². The van der Waals surface area contributed by atoms with Crippen LogP contribution >= 0.6 is 11.6 Å². The number of amides is 1. The van der Waals surface area contributed by atoms with Gasteiger partial charge in [-0.05, 0) is 37.3 Å². The maximum absolute atomic E-state index is 12.1. The zero-order chi connectivity index (χ0) is 17.6. The van der Waals surface area contributed by atoms with Crippen LogP contribution in [0.2, 0.25) is 5.02 Å². The quantitative estimate of drug-likeness (QED) is 0.884. The number of piperazine rings is 1. The maximum atomic E-state index is 12.1. The number of hydrogen-bond acceptors (Lipinski definition) is 3. The van der Waals surface area contributed by atoms with Crippen LogP contribution in [-0.4, -0.2) is 43.5 Å². The number of carbonyl (C=O) groups is 1. The Hall–Kier alpha value is -2.04. The fourth-order valence-corrected chi connectivity index (χ4v) is 3.21. The lowest BCUT2D eigenvalue weighted by Crippen LogP contribution is -2.47. The van der Waals surface area contributed by atoms with Crippen molar-refractivity contribution in [3.05, 3.63) is 59.1 Å². The van der Waals surface area contributed by atoms with E-state index in [0.29, 0.717) is 6.42 Å². The molecule has 132 valence electrons. The molecule has 1 saturated heterocycles. The van der Waals surface area contributed by atoms with E-state index in [-0.39, 0.29) is 5.91 Å². The van der Waals surface area contributed by atoms with Gasteiger partial charge in [-0.2, -0.15) is 0 Å². The molecular weight excluding hydrogens is 334 g/mol. The summed E-state index contributed by atoms with van der Waals surface area (Å²) in [6, 6.07) is 15.9. The Bertz CT molecular complexity index is 709. The molecule has 2 aromatic carbocycles. The van der Waals surface area contributed by atoms with Crippen LogP contribution < -0.4 is 10.2 Å². The zero-order valence-electron chi connectivity index (χ0n) is 14.5. The van der Waals surface area contributed by atoms with Gasteiger partial charge in [0, 0.05) is 55.5 Å². The number of halogens is 1. The number of nitrogens with one attached hydrogen (secondary N) is 1. The second-order valence-electron chi connectivity index (χ2n) is 6.47. The molecule has 5 heteroatoms. The van der Waals surface area contributed by atoms with Crippen molar-refractivity contribution in [1.82, 2.24) is 4.90 Å². The smallest absolute Gasteiger partial charge is 0.225 e. The molecule has 0 bridgehead atoms. The first-order valence-electron chi connectivity index (χ1n) is 8.69. The second-order valence-corrected chi connectivity index (χ2v) is 6.91. The number of carbonyl (C=O) groups excluding carboxylic acids is 1. The van der Waals surface area contributed by atoms with Gasteiger partial charge in [0.25, 0.3) is 0 Å². The summed E-state index contributed by atoms with van der Waals surface area (Å²) in [5, 5.41) is 3.73. The van der Waals surface area contributed by atoms with Crippen molar-refractivity contribution in [2.24, 2.45) is 0 Å². The molecule has 25 heavy (non-hydrogen) atoms. The summed E-state index contributed by atoms with van der Waals surface area (Å²) < 4.78 is 0. The first-order chi connectivity index (χ1) is 12.1. The summed E-state index contributed by atoms with van der Waals surface area (Å²) in [6.07, 6.45) is 0.519. The molecule has 1 aliphatic heterocycles. The molecule has 0 spiro atoms. The van der Waals surface area contributed by atoms with Crippen molar-refractivity contribution in [3.8, 4) is 0 Å². The van der Waals surface area contributed by atoms with Crippen LogP contribution in [0.4, 0.5) is 11.4 Å². The summed E-state index contributed by atoms with van der Waals surface area (Å²) in [5.41, 5.74) is 3.22. The van der Waals surface area contributed by atoms with Crippen LogP contribution in [-0.2, 0) is 4.79 Å². The van der Waals surface area contributed by atoms with Crippen molar-refractivity contribution in [2.75, 3.05) is 42.9 Å². The van der Waals surface area contributed by atoms with E-state index in [0.717, 1.165) is 43.4 Å². The van der Waals surface area contributed by atoms with E-state index >= 15 is 0 Å². The Kier molecular flexibility index (Phi) is 5.95. The van der Waals surface area contributed by atoms with E-state index in [9.17, 15) is 4.79 Å². The second kappa shape index (κ2) is 8.37. The Balaban J connectivity index is 1.41. The van der Waals surface area contributed by atoms with Crippen LogP contribution in [0.15, 0.2) is 48.5 Å². The first kappa shape index (κ1) is 17.8. The molecule has 0 aliphatic carbocycles. The van der Waals surface area contributed by atoms with Gasteiger partial charge in [0.1, 0.15) is 0 Å². The van der Waals surface area contributed by atoms with Gasteiger partial charge < -0.3 is 10.2 Å². The van der Waals surface area contributed by atoms with Crippen molar-refractivity contribution < 1.29 is 4.79 Å². The number of hydrogen-bond donors (Lipinski definition) is 1. The van der Waals surface area contributed by atoms with Gasteiger partial charge in [0.05, 0.1) is 0 Å². The van der Waals surface area contributed by atoms with Gasteiger partial charge in [-0.3, -0.25) is 9.69 Å². The van der Waals surface area contributed by atoms with Crippen LogP contribution in [0.5, 0.6) is 0 Å². The number of anilines is 2. The van der Waals surface area contributed by atoms with Crippen molar-refractivity contribution in [2.45, 2.75) is 13.3 Å². The number of benzene rings is 2. The lowest BCUT2D eigenvalue weighted by atomic mass is 10.2. The number of nitrogens with zero attached hydrogens (tertiary/aromatic N) is 2. The monoisotopic (exact) mass is 357 g/mol. The topological polar surface area (TPSA) is 35.6 Å². The molecular formula is C20H24ClN3O. The predicted molar refractivity (Wildman–Crippen MR) is 105 cm³/mol. The normalized spacial score (nSPS) is 15.2. The van der Waals surface area contributed by atoms with Gasteiger partial charge >= 0.3 is 0 Å². The van der Waals surface area contributed by atoms with Crippen molar-refractivity contribution >= 4 is 28.9 Å². The lowest BCUT2D eigenvalue weighted by Gasteiger charge is -2.36. The highest BCUT2D eigenvalue weighted by Crippen LogP contribution is 2.20. The van der Waals surface area contributed by atoms with E-state index in [1.54, 1.807) is 0 Å². The minimum atomic E-state index is 0.0705. The average Bonchev–Trinajstić information content (AvgIpc) is 2.62. The Morgan fingerprint density at radius 1 is 1.08 bits per heavy atom. The highest BCUT2D eigenvalue weighted by atomic mass is 35.5. The molecule has 1 fully saturated rings. The fourth-order valence-electron chi connectivity index (χ4n) is 3.02. The van der Waals surface area contributed by atoms with Crippen LogP contribution in [0.1, 0.15) is 12.0 Å². The molecule has 0 saturated carbocycles. The molecule has 0 aromatic heterocycles. The molecule has 3 rings (SSSR count).